The van der Waals surface area contributed by atoms with Crippen LogP contribution in [0.2, 0.25) is 0 Å². The molecule has 0 bridgehead atoms. The summed E-state index contributed by atoms with van der Waals surface area (Å²) in [5.41, 5.74) is 2.50. The van der Waals surface area contributed by atoms with Crippen LogP contribution >= 0.6 is 24.8 Å². The van der Waals surface area contributed by atoms with Gasteiger partial charge in [0, 0.05) is 24.9 Å². The summed E-state index contributed by atoms with van der Waals surface area (Å²) in [5, 5.41) is 3.42. The van der Waals surface area contributed by atoms with Crippen LogP contribution in [0.25, 0.3) is 11.0 Å². The fourth-order valence-electron chi connectivity index (χ4n) is 4.93. The molecule has 1 spiro atoms. The predicted molar refractivity (Wildman–Crippen MR) is 112 cm³/mol. The van der Waals surface area contributed by atoms with Gasteiger partial charge in [-0.15, -0.1) is 24.8 Å². The number of piperidine rings is 2. The molecule has 148 valence electrons. The smallest absolute Gasteiger partial charge is 0.226 e. The number of carbonyl (C=O) groups is 1. The Kier molecular flexibility index (Phi) is 6.04. The van der Waals surface area contributed by atoms with E-state index in [2.05, 4.69) is 27.3 Å². The zero-order valence-electron chi connectivity index (χ0n) is 15.4. The van der Waals surface area contributed by atoms with E-state index in [0.717, 1.165) is 62.3 Å². The van der Waals surface area contributed by atoms with Crippen LogP contribution in [0.15, 0.2) is 24.3 Å². The highest BCUT2D eigenvalue weighted by atomic mass is 35.5. The predicted octanol–water partition coefficient (Wildman–Crippen LogP) is 3.50. The second kappa shape index (κ2) is 7.98. The molecule has 1 aromatic heterocycles. The molecule has 3 aliphatic rings. The summed E-state index contributed by atoms with van der Waals surface area (Å²) in [7, 11) is 0. The Bertz CT molecular complexity index is 761. The largest absolute Gasteiger partial charge is 0.342 e. The monoisotopic (exact) mass is 410 g/mol. The van der Waals surface area contributed by atoms with Gasteiger partial charge in [-0.3, -0.25) is 4.79 Å². The van der Waals surface area contributed by atoms with Crippen molar-refractivity contribution in [2.45, 2.75) is 38.0 Å². The fourth-order valence-corrected chi connectivity index (χ4v) is 4.93. The molecule has 5 rings (SSSR count). The molecule has 2 aromatic rings. The highest BCUT2D eigenvalue weighted by Crippen LogP contribution is 2.59. The van der Waals surface area contributed by atoms with E-state index in [9.17, 15) is 4.79 Å². The van der Waals surface area contributed by atoms with Crippen LogP contribution in [-0.2, 0) is 4.79 Å². The van der Waals surface area contributed by atoms with E-state index in [1.165, 1.54) is 12.8 Å². The van der Waals surface area contributed by atoms with Crippen molar-refractivity contribution in [2.75, 3.05) is 26.2 Å². The Balaban J connectivity index is 0.00000105. The highest BCUT2D eigenvalue weighted by molar-refractivity contribution is 5.85. The summed E-state index contributed by atoms with van der Waals surface area (Å²) >= 11 is 0. The zero-order chi connectivity index (χ0) is 16.9. The minimum Gasteiger partial charge on any atom is -0.342 e. The van der Waals surface area contributed by atoms with Gasteiger partial charge in [-0.05, 0) is 62.7 Å². The van der Waals surface area contributed by atoms with Gasteiger partial charge in [-0.2, -0.15) is 0 Å². The van der Waals surface area contributed by atoms with Crippen LogP contribution in [0.1, 0.15) is 43.8 Å². The summed E-state index contributed by atoms with van der Waals surface area (Å²) in [6, 6.07) is 8.20. The molecule has 2 saturated heterocycles. The summed E-state index contributed by atoms with van der Waals surface area (Å²) in [6.45, 7) is 3.92. The van der Waals surface area contributed by atoms with Crippen LogP contribution in [0.4, 0.5) is 0 Å². The SMILES string of the molecule is Cl.Cl.O=C(C1CC12CCNCC2)N1CCC(c2nc3ccccc3[nH]2)CC1. The van der Waals surface area contributed by atoms with Gasteiger partial charge in [0.1, 0.15) is 5.82 Å². The maximum Gasteiger partial charge on any atom is 0.226 e. The summed E-state index contributed by atoms with van der Waals surface area (Å²) in [6.07, 6.45) is 5.52. The minimum absolute atomic E-state index is 0. The van der Waals surface area contributed by atoms with Crippen LogP contribution < -0.4 is 5.32 Å². The fraction of sp³-hybridized carbons (Fsp3) is 0.600. The van der Waals surface area contributed by atoms with Gasteiger partial charge >= 0.3 is 0 Å². The molecule has 2 aliphatic heterocycles. The van der Waals surface area contributed by atoms with Gasteiger partial charge in [-0.25, -0.2) is 4.98 Å². The molecular weight excluding hydrogens is 383 g/mol. The standard InChI is InChI=1S/C20H26N4O.2ClH/c25-19(15-13-20(15)7-9-21-10-8-20)24-11-5-14(6-12-24)18-22-16-3-1-2-4-17(16)23-18;;/h1-4,14-15,21H,5-13H2,(H,22,23);2*1H. The first-order valence-corrected chi connectivity index (χ1v) is 9.69. The Hall–Kier alpha value is -1.30. The van der Waals surface area contributed by atoms with E-state index in [0.29, 0.717) is 23.2 Å². The lowest BCUT2D eigenvalue weighted by atomic mass is 9.91. The molecule has 1 saturated carbocycles. The van der Waals surface area contributed by atoms with E-state index in [1.54, 1.807) is 0 Å². The van der Waals surface area contributed by atoms with Crippen molar-refractivity contribution in [3.05, 3.63) is 30.1 Å². The lowest BCUT2D eigenvalue weighted by Crippen LogP contribution is -2.41. The Morgan fingerprint density at radius 2 is 1.81 bits per heavy atom. The molecule has 3 fully saturated rings. The average Bonchev–Trinajstić information content (AvgIpc) is 3.16. The number of amides is 1. The molecule has 5 nitrogen and oxygen atoms in total. The third kappa shape index (κ3) is 3.69. The summed E-state index contributed by atoms with van der Waals surface area (Å²) in [5.74, 6) is 2.26. The topological polar surface area (TPSA) is 61.0 Å². The Labute approximate surface area is 172 Å². The first kappa shape index (κ1) is 20.4. The molecule has 1 atom stereocenters. The molecule has 27 heavy (non-hydrogen) atoms. The number of nitrogens with zero attached hydrogens (tertiary/aromatic N) is 2. The van der Waals surface area contributed by atoms with Crippen molar-refractivity contribution < 1.29 is 4.79 Å². The summed E-state index contributed by atoms with van der Waals surface area (Å²) < 4.78 is 0. The van der Waals surface area contributed by atoms with E-state index in [1.807, 2.05) is 12.1 Å². The number of fused-ring (bicyclic) bond motifs is 1. The number of rotatable bonds is 2. The van der Waals surface area contributed by atoms with E-state index < -0.39 is 0 Å². The van der Waals surface area contributed by atoms with Gasteiger partial charge in [0.15, 0.2) is 0 Å². The Morgan fingerprint density at radius 1 is 1.11 bits per heavy atom. The first-order valence-electron chi connectivity index (χ1n) is 9.69. The molecule has 1 amide bonds. The number of hydrogen-bond acceptors (Lipinski definition) is 3. The van der Waals surface area contributed by atoms with E-state index in [4.69, 9.17) is 4.98 Å². The number of aromatic nitrogens is 2. The van der Waals surface area contributed by atoms with Crippen molar-refractivity contribution in [1.29, 1.82) is 0 Å². The van der Waals surface area contributed by atoms with Gasteiger partial charge in [0.25, 0.3) is 0 Å². The number of halogens is 2. The second-order valence-corrected chi connectivity index (χ2v) is 8.11. The second-order valence-electron chi connectivity index (χ2n) is 8.11. The molecule has 0 radical (unpaired) electrons. The average molecular weight is 411 g/mol. The minimum atomic E-state index is 0. The molecular formula is C20H28Cl2N4O. The number of para-hydroxylation sites is 2. The number of imidazole rings is 1. The molecule has 1 unspecified atom stereocenters. The quantitative estimate of drug-likeness (QED) is 0.795. The van der Waals surface area contributed by atoms with Crippen LogP contribution in [0.5, 0.6) is 0 Å². The first-order chi connectivity index (χ1) is 12.3. The van der Waals surface area contributed by atoms with E-state index >= 15 is 0 Å². The van der Waals surface area contributed by atoms with Crippen molar-refractivity contribution in [3.63, 3.8) is 0 Å². The van der Waals surface area contributed by atoms with Crippen molar-refractivity contribution in [2.24, 2.45) is 11.3 Å². The number of benzene rings is 1. The third-order valence-corrected chi connectivity index (χ3v) is 6.69. The van der Waals surface area contributed by atoms with E-state index in [-0.39, 0.29) is 24.8 Å². The van der Waals surface area contributed by atoms with Crippen molar-refractivity contribution in [3.8, 4) is 0 Å². The van der Waals surface area contributed by atoms with Crippen molar-refractivity contribution in [1.82, 2.24) is 20.2 Å². The Morgan fingerprint density at radius 3 is 2.52 bits per heavy atom. The number of H-pyrrole nitrogens is 1. The van der Waals surface area contributed by atoms with Gasteiger partial charge < -0.3 is 15.2 Å². The lowest BCUT2D eigenvalue weighted by Gasteiger charge is -2.32. The number of nitrogens with one attached hydrogen (secondary N) is 2. The van der Waals surface area contributed by atoms with Gasteiger partial charge in [0.05, 0.1) is 11.0 Å². The van der Waals surface area contributed by atoms with Gasteiger partial charge in [0.2, 0.25) is 5.91 Å². The number of hydrogen-bond donors (Lipinski definition) is 2. The maximum atomic E-state index is 12.9. The maximum absolute atomic E-state index is 12.9. The number of carbonyl (C=O) groups excluding carboxylic acids is 1. The molecule has 3 heterocycles. The molecule has 2 N–H and O–H groups in total. The number of likely N-dealkylation sites (tertiary alicyclic amines) is 1. The third-order valence-electron chi connectivity index (χ3n) is 6.69. The lowest BCUT2D eigenvalue weighted by molar-refractivity contribution is -0.134. The molecule has 1 aliphatic carbocycles. The van der Waals surface area contributed by atoms with Crippen LogP contribution in [0, 0.1) is 11.3 Å². The molecule has 7 heteroatoms. The number of aromatic amines is 1. The van der Waals surface area contributed by atoms with Crippen LogP contribution in [-0.4, -0.2) is 47.0 Å². The molecule has 1 aromatic carbocycles. The zero-order valence-corrected chi connectivity index (χ0v) is 17.1. The van der Waals surface area contributed by atoms with Gasteiger partial charge in [-0.1, -0.05) is 12.1 Å². The highest BCUT2D eigenvalue weighted by Gasteiger charge is 2.58. The normalized spacial score (nSPS) is 24.3. The van der Waals surface area contributed by atoms with Crippen LogP contribution in [0.3, 0.4) is 0 Å². The summed E-state index contributed by atoms with van der Waals surface area (Å²) in [4.78, 5) is 23.3. The van der Waals surface area contributed by atoms with Crippen molar-refractivity contribution >= 4 is 41.8 Å².